The summed E-state index contributed by atoms with van der Waals surface area (Å²) in [5, 5.41) is 0. The third-order valence-corrected chi connectivity index (χ3v) is 2.85. The van der Waals surface area contributed by atoms with Crippen LogP contribution in [0.5, 0.6) is 0 Å². The zero-order chi connectivity index (χ0) is 14.2. The molecule has 0 saturated heterocycles. The van der Waals surface area contributed by atoms with Crippen LogP contribution in [0, 0.1) is 0 Å². The summed E-state index contributed by atoms with van der Waals surface area (Å²) in [4.78, 5) is 4.10. The molecule has 0 aliphatic carbocycles. The maximum absolute atomic E-state index is 12.7. The third-order valence-electron chi connectivity index (χ3n) is 2.85. The van der Waals surface area contributed by atoms with Crippen LogP contribution in [0.2, 0.25) is 0 Å². The van der Waals surface area contributed by atoms with Gasteiger partial charge < -0.3 is 10.3 Å². The zero-order valence-corrected chi connectivity index (χ0v) is 10.6. The average Bonchev–Trinajstić information content (AvgIpc) is 2.70. The number of hydrogen-bond acceptors (Lipinski definition) is 2. The fourth-order valence-corrected chi connectivity index (χ4v) is 1.85. The number of benzene rings is 1. The van der Waals surface area contributed by atoms with Crippen molar-refractivity contribution in [2.24, 2.45) is 0 Å². The van der Waals surface area contributed by atoms with Gasteiger partial charge in [-0.25, -0.2) is 4.98 Å². The van der Waals surface area contributed by atoms with Gasteiger partial charge in [-0.2, -0.15) is 13.2 Å². The Bertz CT molecular complexity index is 585. The van der Waals surface area contributed by atoms with Crippen LogP contribution in [0.15, 0.2) is 30.6 Å². The highest BCUT2D eigenvalue weighted by molar-refractivity contribution is 5.71. The van der Waals surface area contributed by atoms with Crippen LogP contribution in [-0.4, -0.2) is 9.55 Å². The van der Waals surface area contributed by atoms with Gasteiger partial charge in [-0.1, -0.05) is 12.1 Å². The molecule has 0 radical (unpaired) electrons. The summed E-state index contributed by atoms with van der Waals surface area (Å²) < 4.78 is 39.7. The van der Waals surface area contributed by atoms with E-state index in [1.54, 1.807) is 10.6 Å². The topological polar surface area (TPSA) is 43.8 Å². The molecule has 0 saturated carbocycles. The van der Waals surface area contributed by atoms with E-state index >= 15 is 0 Å². The van der Waals surface area contributed by atoms with Gasteiger partial charge in [0, 0.05) is 11.6 Å². The van der Waals surface area contributed by atoms with Gasteiger partial charge in [-0.3, -0.25) is 0 Å². The van der Waals surface area contributed by atoms with E-state index in [1.807, 2.05) is 13.8 Å². The predicted molar refractivity (Wildman–Crippen MR) is 67.5 cm³/mol. The van der Waals surface area contributed by atoms with Gasteiger partial charge in [0.1, 0.15) is 11.5 Å². The molecule has 0 fully saturated rings. The summed E-state index contributed by atoms with van der Waals surface area (Å²) in [5.41, 5.74) is 5.95. The maximum atomic E-state index is 12.7. The van der Waals surface area contributed by atoms with Gasteiger partial charge in [0.05, 0.1) is 11.9 Å². The number of aromatic nitrogens is 2. The van der Waals surface area contributed by atoms with E-state index in [9.17, 15) is 13.2 Å². The first kappa shape index (κ1) is 13.5. The van der Waals surface area contributed by atoms with Crippen LogP contribution in [0.3, 0.4) is 0 Å². The number of imidazole rings is 1. The number of halogens is 3. The molecule has 0 amide bonds. The molecule has 0 bridgehead atoms. The number of nitrogens with zero attached hydrogens (tertiary/aromatic N) is 2. The van der Waals surface area contributed by atoms with Crippen molar-refractivity contribution >= 4 is 5.82 Å². The lowest BCUT2D eigenvalue weighted by atomic mass is 10.1. The van der Waals surface area contributed by atoms with Crippen LogP contribution in [0.4, 0.5) is 19.0 Å². The molecule has 0 unspecified atom stereocenters. The third kappa shape index (κ3) is 2.57. The summed E-state index contributed by atoms with van der Waals surface area (Å²) in [6.45, 7) is 3.85. The van der Waals surface area contributed by atoms with E-state index in [-0.39, 0.29) is 6.04 Å². The van der Waals surface area contributed by atoms with E-state index in [1.165, 1.54) is 12.4 Å². The van der Waals surface area contributed by atoms with Crippen molar-refractivity contribution in [1.82, 2.24) is 9.55 Å². The zero-order valence-electron chi connectivity index (χ0n) is 10.6. The fourth-order valence-electron chi connectivity index (χ4n) is 1.85. The molecule has 0 atom stereocenters. The van der Waals surface area contributed by atoms with E-state index in [4.69, 9.17) is 5.73 Å². The summed E-state index contributed by atoms with van der Waals surface area (Å²) >= 11 is 0. The first-order valence-electron chi connectivity index (χ1n) is 5.80. The molecule has 2 N–H and O–H groups in total. The lowest BCUT2D eigenvalue weighted by Gasteiger charge is -2.10. The van der Waals surface area contributed by atoms with E-state index < -0.39 is 11.7 Å². The Hall–Kier alpha value is -1.98. The van der Waals surface area contributed by atoms with Crippen molar-refractivity contribution in [3.63, 3.8) is 0 Å². The molecule has 2 aromatic rings. The van der Waals surface area contributed by atoms with E-state index in [0.717, 1.165) is 12.1 Å². The lowest BCUT2D eigenvalue weighted by Crippen LogP contribution is -2.06. The highest BCUT2D eigenvalue weighted by atomic mass is 19.4. The summed E-state index contributed by atoms with van der Waals surface area (Å²) in [6, 6.07) is 5.11. The van der Waals surface area contributed by atoms with Crippen molar-refractivity contribution in [2.45, 2.75) is 26.1 Å². The predicted octanol–water partition coefficient (Wildman–Crippen LogP) is 3.73. The Labute approximate surface area is 108 Å². The normalized spacial score (nSPS) is 12.1. The number of nitrogens with two attached hydrogens (primary N) is 1. The quantitative estimate of drug-likeness (QED) is 0.902. The van der Waals surface area contributed by atoms with Gasteiger partial charge in [-0.05, 0) is 26.0 Å². The van der Waals surface area contributed by atoms with Crippen molar-refractivity contribution in [3.05, 3.63) is 36.2 Å². The van der Waals surface area contributed by atoms with Gasteiger partial charge in [0.25, 0.3) is 0 Å². The second-order valence-electron chi connectivity index (χ2n) is 4.56. The highest BCUT2D eigenvalue weighted by Crippen LogP contribution is 2.33. The van der Waals surface area contributed by atoms with Gasteiger partial charge in [0.15, 0.2) is 0 Å². The first-order valence-corrected chi connectivity index (χ1v) is 5.80. The van der Waals surface area contributed by atoms with Crippen LogP contribution in [-0.2, 0) is 6.18 Å². The molecule has 0 spiro atoms. The van der Waals surface area contributed by atoms with Crippen molar-refractivity contribution in [2.75, 3.05) is 5.73 Å². The molecule has 6 heteroatoms. The van der Waals surface area contributed by atoms with Crippen LogP contribution in [0.25, 0.3) is 11.3 Å². The molecular weight excluding hydrogens is 255 g/mol. The lowest BCUT2D eigenvalue weighted by molar-refractivity contribution is -0.137. The molecule has 102 valence electrons. The molecular formula is C13H14F3N3. The Balaban J connectivity index is 2.48. The minimum absolute atomic E-state index is 0.104. The standard InChI is InChI=1S/C13H14F3N3/c1-8(2)19-7-18-11(12(19)17)9-4-3-5-10(6-9)13(14,15)16/h3-8H,17H2,1-2H3. The van der Waals surface area contributed by atoms with Gasteiger partial charge >= 0.3 is 6.18 Å². The van der Waals surface area contributed by atoms with Crippen LogP contribution < -0.4 is 5.73 Å². The van der Waals surface area contributed by atoms with E-state index in [2.05, 4.69) is 4.98 Å². The van der Waals surface area contributed by atoms with E-state index in [0.29, 0.717) is 17.1 Å². The molecule has 19 heavy (non-hydrogen) atoms. The molecule has 0 aliphatic rings. The van der Waals surface area contributed by atoms with Crippen LogP contribution >= 0.6 is 0 Å². The Morgan fingerprint density at radius 3 is 2.47 bits per heavy atom. The number of anilines is 1. The Morgan fingerprint density at radius 1 is 1.26 bits per heavy atom. The van der Waals surface area contributed by atoms with Crippen molar-refractivity contribution < 1.29 is 13.2 Å². The second-order valence-corrected chi connectivity index (χ2v) is 4.56. The molecule has 2 rings (SSSR count). The van der Waals surface area contributed by atoms with Crippen LogP contribution in [0.1, 0.15) is 25.5 Å². The Morgan fingerprint density at radius 2 is 1.95 bits per heavy atom. The summed E-state index contributed by atoms with van der Waals surface area (Å²) in [7, 11) is 0. The average molecular weight is 269 g/mol. The monoisotopic (exact) mass is 269 g/mol. The largest absolute Gasteiger partial charge is 0.416 e. The highest BCUT2D eigenvalue weighted by Gasteiger charge is 2.30. The number of nitrogen functional groups attached to an aromatic ring is 1. The molecule has 1 aromatic heterocycles. The minimum atomic E-state index is -4.37. The number of rotatable bonds is 2. The second kappa shape index (κ2) is 4.60. The molecule has 3 nitrogen and oxygen atoms in total. The fraction of sp³-hybridized carbons (Fsp3) is 0.308. The smallest absolute Gasteiger partial charge is 0.383 e. The first-order chi connectivity index (χ1) is 8.80. The SMILES string of the molecule is CC(C)n1cnc(-c2cccc(C(F)(F)F)c2)c1N. The minimum Gasteiger partial charge on any atom is -0.383 e. The molecule has 1 heterocycles. The van der Waals surface area contributed by atoms with Crippen molar-refractivity contribution in [3.8, 4) is 11.3 Å². The number of alkyl halides is 3. The molecule has 1 aromatic carbocycles. The Kier molecular flexibility index (Phi) is 3.26. The number of hydrogen-bond donors (Lipinski definition) is 1. The van der Waals surface area contributed by atoms with Crippen molar-refractivity contribution in [1.29, 1.82) is 0 Å². The van der Waals surface area contributed by atoms with Gasteiger partial charge in [-0.15, -0.1) is 0 Å². The maximum Gasteiger partial charge on any atom is 0.416 e. The molecule has 0 aliphatic heterocycles. The summed E-state index contributed by atoms with van der Waals surface area (Å²) in [6.07, 6.45) is -2.83. The summed E-state index contributed by atoms with van der Waals surface area (Å²) in [5.74, 6) is 0.370. The van der Waals surface area contributed by atoms with Gasteiger partial charge in [0.2, 0.25) is 0 Å².